The van der Waals surface area contributed by atoms with Gasteiger partial charge < -0.3 is 34.1 Å². The molecule has 2 aromatic carbocycles. The van der Waals surface area contributed by atoms with Gasteiger partial charge in [-0.25, -0.2) is 0 Å². The molecule has 0 bridgehead atoms. The quantitative estimate of drug-likeness (QED) is 0.448. The van der Waals surface area contributed by atoms with Gasteiger partial charge in [0.15, 0.2) is 13.1 Å². The Morgan fingerprint density at radius 3 is 2.56 bits per heavy atom. The van der Waals surface area contributed by atoms with Crippen LogP contribution in [0.1, 0.15) is 40.9 Å². The fourth-order valence-corrected chi connectivity index (χ4v) is 3.85. The highest BCUT2D eigenvalue weighted by Crippen LogP contribution is 2.43. The first kappa shape index (κ1) is 25.6. The van der Waals surface area contributed by atoms with Crippen molar-refractivity contribution in [3.8, 4) is 11.5 Å². The largest absolute Gasteiger partial charge is 0.493 e. The molecular formula is C23H26F3NO7. The van der Waals surface area contributed by atoms with Gasteiger partial charge in [0.25, 0.3) is 0 Å². The van der Waals surface area contributed by atoms with Gasteiger partial charge in [0, 0.05) is 51.1 Å². The molecule has 1 aliphatic rings. The van der Waals surface area contributed by atoms with Crippen molar-refractivity contribution in [2.75, 3.05) is 40.0 Å². The molecule has 0 spiro atoms. The van der Waals surface area contributed by atoms with Gasteiger partial charge in [-0.15, -0.1) is 0 Å². The molecule has 1 atom stereocenters. The van der Waals surface area contributed by atoms with Crippen LogP contribution < -0.4 is 14.8 Å². The number of ether oxygens (including phenoxy) is 5. The maximum absolute atomic E-state index is 13.7. The van der Waals surface area contributed by atoms with Crippen molar-refractivity contribution in [3.05, 3.63) is 52.6 Å². The van der Waals surface area contributed by atoms with Gasteiger partial charge in [0.05, 0.1) is 24.2 Å². The predicted octanol–water partition coefficient (Wildman–Crippen LogP) is 4.54. The number of alkyl halides is 3. The summed E-state index contributed by atoms with van der Waals surface area (Å²) in [6, 6.07) is 7.55. The van der Waals surface area contributed by atoms with Gasteiger partial charge in [-0.1, -0.05) is 12.1 Å². The molecule has 1 heterocycles. The molecule has 0 saturated heterocycles. The Kier molecular flexibility index (Phi) is 8.24. The lowest BCUT2D eigenvalue weighted by Crippen LogP contribution is -2.18. The number of nitrogens with one attached hydrogen (secondary N) is 1. The number of anilines is 1. The summed E-state index contributed by atoms with van der Waals surface area (Å²) in [5, 5.41) is 12.2. The normalized spacial score (nSPS) is 15.2. The minimum atomic E-state index is -4.67. The Bertz CT molecular complexity index is 1010. The number of carboxylic acids is 1. The molecular weight excluding hydrogens is 459 g/mol. The molecule has 186 valence electrons. The number of fused-ring (bicyclic) bond motifs is 1. The first-order valence-corrected chi connectivity index (χ1v) is 10.3. The van der Waals surface area contributed by atoms with Crippen molar-refractivity contribution >= 4 is 11.7 Å². The third kappa shape index (κ3) is 5.72. The molecule has 0 radical (unpaired) electrons. The summed E-state index contributed by atoms with van der Waals surface area (Å²) in [6.07, 6.45) is -5.82. The molecule has 0 saturated carbocycles. The lowest BCUT2D eigenvalue weighted by molar-refractivity contribution is -0.141. The third-order valence-electron chi connectivity index (χ3n) is 5.37. The average molecular weight is 485 g/mol. The second-order valence-electron chi connectivity index (χ2n) is 7.58. The number of benzene rings is 2. The van der Waals surface area contributed by atoms with E-state index in [0.717, 1.165) is 11.6 Å². The Hall–Kier alpha value is -3.02. The van der Waals surface area contributed by atoms with E-state index in [1.54, 1.807) is 18.2 Å². The molecule has 0 fully saturated rings. The van der Waals surface area contributed by atoms with Gasteiger partial charge in [0.2, 0.25) is 0 Å². The summed E-state index contributed by atoms with van der Waals surface area (Å²) in [6.45, 7) is 0.00184. The van der Waals surface area contributed by atoms with Gasteiger partial charge in [0.1, 0.15) is 11.5 Å². The summed E-state index contributed by atoms with van der Waals surface area (Å²) in [5.41, 5.74) is 1.02. The van der Waals surface area contributed by atoms with Crippen LogP contribution in [0.3, 0.4) is 0 Å². The van der Waals surface area contributed by atoms with E-state index in [0.29, 0.717) is 17.0 Å². The van der Waals surface area contributed by atoms with Crippen molar-refractivity contribution in [1.29, 1.82) is 0 Å². The van der Waals surface area contributed by atoms with Crippen LogP contribution in [0.15, 0.2) is 30.3 Å². The second-order valence-corrected chi connectivity index (χ2v) is 7.58. The molecule has 11 heteroatoms. The van der Waals surface area contributed by atoms with Crippen LogP contribution in [0.4, 0.5) is 18.9 Å². The molecule has 0 aromatic heterocycles. The molecule has 0 amide bonds. The summed E-state index contributed by atoms with van der Waals surface area (Å²) < 4.78 is 67.3. The molecule has 1 aliphatic heterocycles. The smallest absolute Gasteiger partial charge is 0.419 e. The van der Waals surface area contributed by atoms with E-state index in [-0.39, 0.29) is 31.1 Å². The van der Waals surface area contributed by atoms with E-state index in [2.05, 4.69) is 5.32 Å². The lowest BCUT2D eigenvalue weighted by atomic mass is 9.97. The highest BCUT2D eigenvalue weighted by atomic mass is 19.4. The zero-order valence-electron chi connectivity index (χ0n) is 18.9. The number of carboxylic acid groups (broad SMARTS) is 1. The molecule has 8 nitrogen and oxygen atoms in total. The monoisotopic (exact) mass is 485 g/mol. The van der Waals surface area contributed by atoms with Crippen LogP contribution >= 0.6 is 0 Å². The van der Waals surface area contributed by atoms with Crippen molar-refractivity contribution < 1.29 is 46.8 Å². The SMILES string of the molecule is COCOc1c(C(F)(F)F)ccc(CNc2ccc3c(c2)OC[C@H]3CC(=O)O)c1C(OC)OC. The van der Waals surface area contributed by atoms with Crippen LogP contribution in [0.2, 0.25) is 0 Å². The van der Waals surface area contributed by atoms with Crippen LogP contribution in [-0.4, -0.2) is 45.8 Å². The van der Waals surface area contributed by atoms with E-state index in [9.17, 15) is 18.0 Å². The number of carbonyl (C=O) groups is 1. The Labute approximate surface area is 194 Å². The van der Waals surface area contributed by atoms with Gasteiger partial charge in [-0.2, -0.15) is 13.2 Å². The Morgan fingerprint density at radius 1 is 1.21 bits per heavy atom. The van der Waals surface area contributed by atoms with Gasteiger partial charge in [-0.05, 0) is 17.7 Å². The van der Waals surface area contributed by atoms with E-state index >= 15 is 0 Å². The summed E-state index contributed by atoms with van der Waals surface area (Å²) in [5.74, 6) is -1.00. The van der Waals surface area contributed by atoms with E-state index in [1.807, 2.05) is 0 Å². The standard InChI is InChI=1S/C23H26F3NO7/c1-30-12-34-21-17(23(24,25)26)7-4-13(20(21)22(31-2)32-3)10-27-15-5-6-16-14(8-19(28)29)11-33-18(16)9-15/h4-7,9,14,22,27H,8,10-12H2,1-3H3,(H,28,29)/t14-/m1/s1. The van der Waals surface area contributed by atoms with Gasteiger partial charge in [-0.3, -0.25) is 4.79 Å². The topological polar surface area (TPSA) is 95.5 Å². The summed E-state index contributed by atoms with van der Waals surface area (Å²) in [4.78, 5) is 11.0. The number of hydrogen-bond acceptors (Lipinski definition) is 7. The molecule has 2 N–H and O–H groups in total. The first-order chi connectivity index (χ1) is 16.2. The number of aliphatic carboxylic acids is 1. The van der Waals surface area contributed by atoms with Crippen molar-refractivity contribution in [2.24, 2.45) is 0 Å². The van der Waals surface area contributed by atoms with Crippen molar-refractivity contribution in [3.63, 3.8) is 0 Å². The minimum Gasteiger partial charge on any atom is -0.493 e. The van der Waals surface area contributed by atoms with Crippen LogP contribution in [0, 0.1) is 0 Å². The lowest BCUT2D eigenvalue weighted by Gasteiger charge is -2.24. The zero-order valence-corrected chi connectivity index (χ0v) is 18.9. The maximum atomic E-state index is 13.7. The fourth-order valence-electron chi connectivity index (χ4n) is 3.85. The van der Waals surface area contributed by atoms with Gasteiger partial charge >= 0.3 is 12.1 Å². The van der Waals surface area contributed by atoms with E-state index in [1.165, 1.54) is 27.4 Å². The molecule has 2 aromatic rings. The van der Waals surface area contributed by atoms with Crippen LogP contribution in [0.25, 0.3) is 0 Å². The van der Waals surface area contributed by atoms with Crippen LogP contribution in [0.5, 0.6) is 11.5 Å². The summed E-state index contributed by atoms with van der Waals surface area (Å²) >= 11 is 0. The molecule has 3 rings (SSSR count). The molecule has 34 heavy (non-hydrogen) atoms. The highest BCUT2D eigenvalue weighted by Gasteiger charge is 2.38. The zero-order chi connectivity index (χ0) is 24.9. The predicted molar refractivity (Wildman–Crippen MR) is 115 cm³/mol. The van der Waals surface area contributed by atoms with E-state index < -0.39 is 36.5 Å². The van der Waals surface area contributed by atoms with Crippen molar-refractivity contribution in [2.45, 2.75) is 31.3 Å². The number of rotatable bonds is 11. The second kappa shape index (κ2) is 10.9. The number of methoxy groups -OCH3 is 3. The number of hydrogen-bond donors (Lipinski definition) is 2. The Balaban J connectivity index is 1.91. The maximum Gasteiger partial charge on any atom is 0.419 e. The Morgan fingerprint density at radius 2 is 1.94 bits per heavy atom. The van der Waals surface area contributed by atoms with Crippen LogP contribution in [-0.2, 0) is 31.7 Å². The number of halogens is 3. The van der Waals surface area contributed by atoms with Crippen molar-refractivity contribution in [1.82, 2.24) is 0 Å². The average Bonchev–Trinajstić information content (AvgIpc) is 3.18. The molecule has 0 unspecified atom stereocenters. The third-order valence-corrected chi connectivity index (χ3v) is 5.37. The first-order valence-electron chi connectivity index (χ1n) is 10.3. The fraction of sp³-hybridized carbons (Fsp3) is 0.435. The highest BCUT2D eigenvalue weighted by molar-refractivity contribution is 5.69. The summed E-state index contributed by atoms with van der Waals surface area (Å²) in [7, 11) is 3.94. The molecule has 0 aliphatic carbocycles. The minimum absolute atomic E-state index is 0.0334. The van der Waals surface area contributed by atoms with E-state index in [4.69, 9.17) is 28.8 Å².